The number of nitrogens with zero attached hydrogens (tertiary/aromatic N) is 2. The number of hydrogen-bond donors (Lipinski definition) is 2. The number of aromatic nitrogens is 2. The Bertz CT molecular complexity index is 1130. The summed E-state index contributed by atoms with van der Waals surface area (Å²) in [6.07, 6.45) is 6.51. The Morgan fingerprint density at radius 1 is 1.06 bits per heavy atom. The first-order valence-electron chi connectivity index (χ1n) is 11.3. The number of methoxy groups -OCH3 is 2. The third-order valence-corrected chi connectivity index (χ3v) is 6.11. The molecule has 1 heterocycles. The van der Waals surface area contributed by atoms with Crippen LogP contribution >= 0.6 is 0 Å². The minimum Gasteiger partial charge on any atom is -0.493 e. The maximum absolute atomic E-state index is 12.5. The van der Waals surface area contributed by atoms with Crippen molar-refractivity contribution in [3.8, 4) is 11.5 Å². The monoisotopic (exact) mass is 450 g/mol. The minimum atomic E-state index is -0.0895. The molecule has 4 rings (SSSR count). The fraction of sp³-hybridized carbons (Fsp3) is 0.400. The predicted octanol–water partition coefficient (Wildman–Crippen LogP) is 3.54. The Labute approximate surface area is 193 Å². The molecular formula is C25H30N4O4. The van der Waals surface area contributed by atoms with Gasteiger partial charge in [0.25, 0.3) is 0 Å². The molecule has 0 unspecified atom stereocenters. The van der Waals surface area contributed by atoms with E-state index in [2.05, 4.69) is 15.6 Å². The number of amides is 2. The lowest BCUT2D eigenvalue weighted by molar-refractivity contribution is -0.121. The van der Waals surface area contributed by atoms with Crippen molar-refractivity contribution >= 4 is 28.5 Å². The molecule has 2 aromatic carbocycles. The van der Waals surface area contributed by atoms with Crippen LogP contribution < -0.4 is 20.1 Å². The van der Waals surface area contributed by atoms with Gasteiger partial charge >= 0.3 is 0 Å². The molecule has 0 aliphatic heterocycles. The van der Waals surface area contributed by atoms with E-state index in [1.165, 1.54) is 0 Å². The van der Waals surface area contributed by atoms with Crippen LogP contribution in [0.1, 0.15) is 31.2 Å². The van der Waals surface area contributed by atoms with E-state index in [0.717, 1.165) is 48.0 Å². The lowest BCUT2D eigenvalue weighted by Crippen LogP contribution is -2.29. The number of carbonyl (C=O) groups is 2. The highest BCUT2D eigenvalue weighted by Crippen LogP contribution is 2.28. The van der Waals surface area contributed by atoms with Crippen molar-refractivity contribution in [3.63, 3.8) is 0 Å². The van der Waals surface area contributed by atoms with Gasteiger partial charge in [0.15, 0.2) is 11.5 Å². The summed E-state index contributed by atoms with van der Waals surface area (Å²) in [7, 11) is 3.20. The van der Waals surface area contributed by atoms with Crippen LogP contribution in [0.2, 0.25) is 0 Å². The van der Waals surface area contributed by atoms with E-state index in [1.807, 2.05) is 41.0 Å². The first-order valence-corrected chi connectivity index (χ1v) is 11.3. The van der Waals surface area contributed by atoms with Crippen molar-refractivity contribution in [2.45, 2.75) is 38.6 Å². The normalized spacial score (nSPS) is 13.8. The maximum atomic E-state index is 12.5. The van der Waals surface area contributed by atoms with Crippen LogP contribution in [-0.4, -0.2) is 42.1 Å². The molecule has 174 valence electrons. The molecule has 0 saturated heterocycles. The van der Waals surface area contributed by atoms with Crippen molar-refractivity contribution in [1.29, 1.82) is 0 Å². The zero-order chi connectivity index (χ0) is 23.2. The Kier molecular flexibility index (Phi) is 7.12. The van der Waals surface area contributed by atoms with Gasteiger partial charge in [-0.15, -0.1) is 0 Å². The third-order valence-electron chi connectivity index (χ3n) is 6.11. The Hall–Kier alpha value is -3.55. The van der Waals surface area contributed by atoms with Crippen molar-refractivity contribution in [2.75, 3.05) is 26.1 Å². The molecule has 1 saturated carbocycles. The second-order valence-electron chi connectivity index (χ2n) is 8.34. The fourth-order valence-corrected chi connectivity index (χ4v) is 4.29. The summed E-state index contributed by atoms with van der Waals surface area (Å²) in [5.41, 5.74) is 3.39. The number of rotatable bonds is 9. The highest BCUT2D eigenvalue weighted by Gasteiger charge is 2.22. The topological polar surface area (TPSA) is 94.5 Å². The molecule has 0 radical (unpaired) electrons. The van der Waals surface area contributed by atoms with Crippen LogP contribution in [0.3, 0.4) is 0 Å². The van der Waals surface area contributed by atoms with Crippen molar-refractivity contribution in [1.82, 2.24) is 14.9 Å². The van der Waals surface area contributed by atoms with Gasteiger partial charge in [0.05, 0.1) is 31.6 Å². The van der Waals surface area contributed by atoms with Gasteiger partial charge in [-0.25, -0.2) is 4.98 Å². The number of nitrogens with one attached hydrogen (secondary N) is 2. The van der Waals surface area contributed by atoms with E-state index in [0.29, 0.717) is 24.5 Å². The molecule has 8 heteroatoms. The molecule has 2 N–H and O–H groups in total. The molecule has 8 nitrogen and oxygen atoms in total. The van der Waals surface area contributed by atoms with Gasteiger partial charge in [0.1, 0.15) is 6.54 Å². The molecular weight excluding hydrogens is 420 g/mol. The molecule has 0 spiro atoms. The van der Waals surface area contributed by atoms with Gasteiger partial charge in [0, 0.05) is 18.2 Å². The summed E-state index contributed by atoms with van der Waals surface area (Å²) in [5, 5.41) is 5.95. The smallest absolute Gasteiger partial charge is 0.240 e. The summed E-state index contributed by atoms with van der Waals surface area (Å²) in [4.78, 5) is 29.2. The standard InChI is InChI=1S/C25H30N4O4/c1-32-22-10-7-17(13-23(22)33-2)11-12-26-24(30)15-29-16-27-20-14-19(8-9-21(20)29)28-25(31)18-5-3-4-6-18/h7-10,13-14,16,18H,3-6,11-12,15H2,1-2H3,(H,26,30)(H,28,31). The highest BCUT2D eigenvalue weighted by molar-refractivity contribution is 5.94. The van der Waals surface area contributed by atoms with Crippen LogP contribution in [0.15, 0.2) is 42.7 Å². The predicted molar refractivity (Wildman–Crippen MR) is 127 cm³/mol. The van der Waals surface area contributed by atoms with E-state index in [4.69, 9.17) is 9.47 Å². The number of hydrogen-bond acceptors (Lipinski definition) is 5. The Morgan fingerprint density at radius 2 is 1.85 bits per heavy atom. The van der Waals surface area contributed by atoms with Gasteiger partial charge < -0.3 is 24.7 Å². The first-order chi connectivity index (χ1) is 16.1. The van der Waals surface area contributed by atoms with Gasteiger partial charge in [0.2, 0.25) is 11.8 Å². The Morgan fingerprint density at radius 3 is 2.61 bits per heavy atom. The van der Waals surface area contributed by atoms with Crippen LogP contribution in [0.25, 0.3) is 11.0 Å². The number of ether oxygens (including phenoxy) is 2. The first kappa shape index (κ1) is 22.6. The quantitative estimate of drug-likeness (QED) is 0.520. The van der Waals surface area contributed by atoms with Crippen LogP contribution in [0.5, 0.6) is 11.5 Å². The summed E-state index contributed by atoms with van der Waals surface area (Å²) in [6, 6.07) is 11.3. The highest BCUT2D eigenvalue weighted by atomic mass is 16.5. The number of anilines is 1. The lowest BCUT2D eigenvalue weighted by atomic mass is 10.1. The van der Waals surface area contributed by atoms with E-state index in [9.17, 15) is 9.59 Å². The van der Waals surface area contributed by atoms with E-state index >= 15 is 0 Å². The minimum absolute atomic E-state index is 0.0835. The molecule has 1 aliphatic carbocycles. The summed E-state index contributed by atoms with van der Waals surface area (Å²) >= 11 is 0. The van der Waals surface area contributed by atoms with Crippen molar-refractivity contribution in [3.05, 3.63) is 48.3 Å². The van der Waals surface area contributed by atoms with Crippen molar-refractivity contribution < 1.29 is 19.1 Å². The zero-order valence-corrected chi connectivity index (χ0v) is 19.1. The summed E-state index contributed by atoms with van der Waals surface area (Å²) < 4.78 is 12.4. The van der Waals surface area contributed by atoms with Crippen LogP contribution in [0, 0.1) is 5.92 Å². The second kappa shape index (κ2) is 10.4. The molecule has 1 aromatic heterocycles. The van der Waals surface area contributed by atoms with E-state index < -0.39 is 0 Å². The van der Waals surface area contributed by atoms with Crippen LogP contribution in [-0.2, 0) is 22.6 Å². The number of fused-ring (bicyclic) bond motifs is 1. The van der Waals surface area contributed by atoms with Crippen molar-refractivity contribution in [2.24, 2.45) is 5.92 Å². The number of benzene rings is 2. The van der Waals surface area contributed by atoms with E-state index in [-0.39, 0.29) is 24.3 Å². The van der Waals surface area contributed by atoms with Gasteiger partial charge in [-0.2, -0.15) is 0 Å². The molecule has 3 aromatic rings. The largest absolute Gasteiger partial charge is 0.493 e. The molecule has 0 bridgehead atoms. The molecule has 2 amide bonds. The average molecular weight is 451 g/mol. The summed E-state index contributed by atoms with van der Waals surface area (Å²) in [5.74, 6) is 1.46. The zero-order valence-electron chi connectivity index (χ0n) is 19.1. The second-order valence-corrected chi connectivity index (χ2v) is 8.34. The third kappa shape index (κ3) is 5.45. The molecule has 0 atom stereocenters. The van der Waals surface area contributed by atoms with E-state index in [1.54, 1.807) is 20.5 Å². The van der Waals surface area contributed by atoms with Crippen LogP contribution in [0.4, 0.5) is 5.69 Å². The average Bonchev–Trinajstić information content (AvgIpc) is 3.49. The number of carbonyl (C=O) groups excluding carboxylic acids is 2. The van der Waals surface area contributed by atoms with Gasteiger partial charge in [-0.05, 0) is 55.2 Å². The number of imidazole rings is 1. The Balaban J connectivity index is 1.31. The maximum Gasteiger partial charge on any atom is 0.240 e. The molecule has 1 fully saturated rings. The fourth-order valence-electron chi connectivity index (χ4n) is 4.29. The molecule has 1 aliphatic rings. The van der Waals surface area contributed by atoms with Gasteiger partial charge in [-0.1, -0.05) is 18.9 Å². The lowest BCUT2D eigenvalue weighted by Gasteiger charge is -2.11. The van der Waals surface area contributed by atoms with Gasteiger partial charge in [-0.3, -0.25) is 9.59 Å². The summed E-state index contributed by atoms with van der Waals surface area (Å²) in [6.45, 7) is 0.689. The SMILES string of the molecule is COc1ccc(CCNC(=O)Cn2cnc3cc(NC(=O)C4CCCC4)ccc32)cc1OC. The molecule has 33 heavy (non-hydrogen) atoms.